The summed E-state index contributed by atoms with van der Waals surface area (Å²) in [7, 11) is 1.71. The van der Waals surface area contributed by atoms with Crippen molar-refractivity contribution in [3.8, 4) is 5.75 Å². The second-order valence-electron chi connectivity index (χ2n) is 5.02. The van der Waals surface area contributed by atoms with Crippen molar-refractivity contribution < 1.29 is 4.74 Å². The molecule has 0 saturated carbocycles. The highest BCUT2D eigenvalue weighted by Gasteiger charge is 2.37. The first-order valence-corrected chi connectivity index (χ1v) is 5.45. The Balaban J connectivity index is 2.45. The van der Waals surface area contributed by atoms with Crippen LogP contribution in [-0.4, -0.2) is 13.7 Å². The number of fused-ring (bicyclic) bond motifs is 1. The third-order valence-electron chi connectivity index (χ3n) is 3.55. The fraction of sp³-hybridized carbons (Fsp3) is 0.538. The Morgan fingerprint density at radius 2 is 2.20 bits per heavy atom. The van der Waals surface area contributed by atoms with Gasteiger partial charge in [-0.2, -0.15) is 0 Å². The monoisotopic (exact) mass is 205 g/mol. The lowest BCUT2D eigenvalue weighted by Crippen LogP contribution is -2.24. The third kappa shape index (κ3) is 1.63. The average molecular weight is 205 g/mol. The minimum Gasteiger partial charge on any atom is -0.497 e. The van der Waals surface area contributed by atoms with Gasteiger partial charge in [0.2, 0.25) is 0 Å². The third-order valence-corrected chi connectivity index (χ3v) is 3.55. The summed E-state index contributed by atoms with van der Waals surface area (Å²) in [6.07, 6.45) is 1.12. The molecule has 1 aromatic carbocycles. The number of hydrogen-bond donors (Lipinski definition) is 1. The van der Waals surface area contributed by atoms with Crippen molar-refractivity contribution in [3.63, 3.8) is 0 Å². The van der Waals surface area contributed by atoms with Gasteiger partial charge in [0.05, 0.1) is 7.11 Å². The van der Waals surface area contributed by atoms with E-state index < -0.39 is 0 Å². The fourth-order valence-corrected chi connectivity index (χ4v) is 2.67. The van der Waals surface area contributed by atoms with E-state index in [-0.39, 0.29) is 5.41 Å². The van der Waals surface area contributed by atoms with E-state index >= 15 is 0 Å². The smallest absolute Gasteiger partial charge is 0.119 e. The lowest BCUT2D eigenvalue weighted by Gasteiger charge is -2.26. The lowest BCUT2D eigenvalue weighted by atomic mass is 9.80. The molecule has 0 heterocycles. The summed E-state index contributed by atoms with van der Waals surface area (Å²) in [6, 6.07) is 6.35. The summed E-state index contributed by atoms with van der Waals surface area (Å²) in [5.41, 5.74) is 8.96. The number of nitrogens with two attached hydrogens (primary N) is 1. The topological polar surface area (TPSA) is 35.2 Å². The molecule has 0 spiro atoms. The van der Waals surface area contributed by atoms with Gasteiger partial charge in [-0.15, -0.1) is 0 Å². The first kappa shape index (κ1) is 10.5. The molecule has 15 heavy (non-hydrogen) atoms. The molecule has 0 bridgehead atoms. The summed E-state index contributed by atoms with van der Waals surface area (Å²) in [5, 5.41) is 0. The average Bonchev–Trinajstić information content (AvgIpc) is 2.46. The van der Waals surface area contributed by atoms with E-state index in [1.54, 1.807) is 7.11 Å². The van der Waals surface area contributed by atoms with E-state index in [2.05, 4.69) is 26.0 Å². The van der Waals surface area contributed by atoms with Gasteiger partial charge in [0.1, 0.15) is 5.75 Å². The normalized spacial score (nSPS) is 22.5. The van der Waals surface area contributed by atoms with Crippen LogP contribution in [0.1, 0.15) is 30.9 Å². The van der Waals surface area contributed by atoms with Gasteiger partial charge < -0.3 is 10.5 Å². The molecule has 1 aliphatic rings. The minimum atomic E-state index is 0.281. The molecule has 0 aromatic heterocycles. The van der Waals surface area contributed by atoms with Gasteiger partial charge in [0, 0.05) is 5.92 Å². The van der Waals surface area contributed by atoms with Gasteiger partial charge in [-0.1, -0.05) is 19.9 Å². The Hall–Kier alpha value is -1.02. The van der Waals surface area contributed by atoms with Crippen LogP contribution in [0.25, 0.3) is 0 Å². The summed E-state index contributed by atoms with van der Waals surface area (Å²) < 4.78 is 5.26. The van der Waals surface area contributed by atoms with Crippen molar-refractivity contribution in [3.05, 3.63) is 29.3 Å². The Morgan fingerprint density at radius 3 is 2.80 bits per heavy atom. The lowest BCUT2D eigenvalue weighted by molar-refractivity contribution is 0.317. The largest absolute Gasteiger partial charge is 0.497 e. The van der Waals surface area contributed by atoms with Crippen molar-refractivity contribution in [1.29, 1.82) is 0 Å². The highest BCUT2D eigenvalue weighted by Crippen LogP contribution is 2.46. The van der Waals surface area contributed by atoms with Crippen LogP contribution in [0.5, 0.6) is 5.75 Å². The summed E-state index contributed by atoms with van der Waals surface area (Å²) >= 11 is 0. The van der Waals surface area contributed by atoms with E-state index in [1.807, 2.05) is 6.07 Å². The van der Waals surface area contributed by atoms with Gasteiger partial charge in [0.25, 0.3) is 0 Å². The van der Waals surface area contributed by atoms with Gasteiger partial charge in [-0.3, -0.25) is 0 Å². The summed E-state index contributed by atoms with van der Waals surface area (Å²) in [4.78, 5) is 0. The van der Waals surface area contributed by atoms with Crippen LogP contribution in [0.15, 0.2) is 18.2 Å². The molecular formula is C13H19NO. The molecule has 2 rings (SSSR count). The van der Waals surface area contributed by atoms with Crippen LogP contribution >= 0.6 is 0 Å². The Kier molecular flexibility index (Phi) is 2.47. The maximum atomic E-state index is 5.87. The highest BCUT2D eigenvalue weighted by atomic mass is 16.5. The zero-order chi connectivity index (χ0) is 11.1. The van der Waals surface area contributed by atoms with Crippen LogP contribution in [0.3, 0.4) is 0 Å². The first-order valence-electron chi connectivity index (χ1n) is 5.45. The quantitative estimate of drug-likeness (QED) is 0.804. The predicted octanol–water partition coefficient (Wildman–Crippen LogP) is 2.32. The van der Waals surface area contributed by atoms with E-state index in [0.717, 1.165) is 12.2 Å². The molecule has 1 aliphatic carbocycles. The first-order chi connectivity index (χ1) is 7.08. The molecule has 1 aromatic rings. The highest BCUT2D eigenvalue weighted by molar-refractivity contribution is 5.43. The Labute approximate surface area is 91.4 Å². The van der Waals surface area contributed by atoms with Crippen LogP contribution in [0, 0.1) is 5.41 Å². The summed E-state index contributed by atoms with van der Waals surface area (Å²) in [6.45, 7) is 5.29. The zero-order valence-electron chi connectivity index (χ0n) is 9.71. The van der Waals surface area contributed by atoms with Gasteiger partial charge in [0.15, 0.2) is 0 Å². The van der Waals surface area contributed by atoms with Crippen molar-refractivity contribution in [2.75, 3.05) is 13.7 Å². The van der Waals surface area contributed by atoms with Crippen molar-refractivity contribution in [2.24, 2.45) is 11.1 Å². The predicted molar refractivity (Wildman–Crippen MR) is 62.3 cm³/mol. The number of methoxy groups -OCH3 is 1. The van der Waals surface area contributed by atoms with E-state index in [1.165, 1.54) is 11.1 Å². The maximum absolute atomic E-state index is 5.87. The second kappa shape index (κ2) is 3.53. The van der Waals surface area contributed by atoms with E-state index in [4.69, 9.17) is 10.5 Å². The zero-order valence-corrected chi connectivity index (χ0v) is 9.71. The van der Waals surface area contributed by atoms with Gasteiger partial charge in [-0.05, 0) is 41.6 Å². The number of hydrogen-bond acceptors (Lipinski definition) is 2. The summed E-state index contributed by atoms with van der Waals surface area (Å²) in [5.74, 6) is 1.40. The van der Waals surface area contributed by atoms with Crippen molar-refractivity contribution in [1.82, 2.24) is 0 Å². The Bertz CT molecular complexity index is 371. The van der Waals surface area contributed by atoms with E-state index in [9.17, 15) is 0 Å². The maximum Gasteiger partial charge on any atom is 0.119 e. The van der Waals surface area contributed by atoms with Crippen LogP contribution < -0.4 is 10.5 Å². The fourth-order valence-electron chi connectivity index (χ4n) is 2.67. The van der Waals surface area contributed by atoms with Crippen LogP contribution in [0.4, 0.5) is 0 Å². The van der Waals surface area contributed by atoms with Crippen LogP contribution in [-0.2, 0) is 6.42 Å². The molecule has 0 radical (unpaired) electrons. The molecule has 82 valence electrons. The number of ether oxygens (including phenoxy) is 1. The molecule has 0 aliphatic heterocycles. The molecule has 2 heteroatoms. The number of rotatable bonds is 2. The Morgan fingerprint density at radius 1 is 1.47 bits per heavy atom. The number of benzene rings is 1. The molecule has 2 nitrogen and oxygen atoms in total. The SMILES string of the molecule is COc1ccc2c(c1)C(CN)C(C)(C)C2. The minimum absolute atomic E-state index is 0.281. The molecule has 1 unspecified atom stereocenters. The molecule has 1 atom stereocenters. The molecule has 2 N–H and O–H groups in total. The van der Waals surface area contributed by atoms with Gasteiger partial charge >= 0.3 is 0 Å². The van der Waals surface area contributed by atoms with Crippen molar-refractivity contribution in [2.45, 2.75) is 26.2 Å². The second-order valence-corrected chi connectivity index (χ2v) is 5.02. The van der Waals surface area contributed by atoms with Crippen molar-refractivity contribution >= 4 is 0 Å². The van der Waals surface area contributed by atoms with Crippen LogP contribution in [0.2, 0.25) is 0 Å². The molecule has 0 amide bonds. The molecule has 0 fully saturated rings. The standard InChI is InChI=1S/C13H19NO/c1-13(2)7-9-4-5-10(15-3)6-11(9)12(13)8-14/h4-6,12H,7-8,14H2,1-3H3. The van der Waals surface area contributed by atoms with E-state index in [0.29, 0.717) is 12.5 Å². The van der Waals surface area contributed by atoms with Gasteiger partial charge in [-0.25, -0.2) is 0 Å². The molecule has 0 saturated heterocycles. The molecular weight excluding hydrogens is 186 g/mol.